The van der Waals surface area contributed by atoms with Crippen molar-refractivity contribution in [2.45, 2.75) is 38.8 Å². The molecule has 1 aliphatic rings. The number of ether oxygens (including phenoxy) is 3. The van der Waals surface area contributed by atoms with Gasteiger partial charge in [0.1, 0.15) is 11.8 Å². The summed E-state index contributed by atoms with van der Waals surface area (Å²) in [4.78, 5) is 21.4. The molecule has 0 bridgehead atoms. The van der Waals surface area contributed by atoms with E-state index in [1.54, 1.807) is 27.4 Å². The third kappa shape index (κ3) is 5.08. The van der Waals surface area contributed by atoms with Crippen LogP contribution < -0.4 is 24.7 Å². The van der Waals surface area contributed by atoms with Gasteiger partial charge in [-0.2, -0.15) is 0 Å². The van der Waals surface area contributed by atoms with Gasteiger partial charge in [-0.05, 0) is 67.1 Å². The summed E-state index contributed by atoms with van der Waals surface area (Å²) in [5.41, 5.74) is 1.87. The summed E-state index contributed by atoms with van der Waals surface area (Å²) in [5, 5.41) is 13.8. The fraction of sp³-hybridized carbons (Fsp3) is 0.448. The molecule has 11 nitrogen and oxygen atoms in total. The van der Waals surface area contributed by atoms with E-state index in [-0.39, 0.29) is 11.1 Å². The van der Waals surface area contributed by atoms with Crippen molar-refractivity contribution < 1.29 is 14.2 Å². The Kier molecular flexibility index (Phi) is 7.66. The summed E-state index contributed by atoms with van der Waals surface area (Å²) in [5.74, 6) is 2.63. The molecule has 11 heteroatoms. The Bertz CT molecular complexity index is 1520. The number of fused-ring (bicyclic) bond motifs is 1. The smallest absolute Gasteiger partial charge is 0.253 e. The summed E-state index contributed by atoms with van der Waals surface area (Å²) >= 11 is 0. The van der Waals surface area contributed by atoms with Crippen molar-refractivity contribution in [3.8, 4) is 17.2 Å². The second kappa shape index (κ2) is 11.2. The monoisotopic (exact) mass is 547 g/mol. The Morgan fingerprint density at radius 1 is 0.950 bits per heavy atom. The van der Waals surface area contributed by atoms with Gasteiger partial charge >= 0.3 is 0 Å². The number of pyridine rings is 1. The summed E-state index contributed by atoms with van der Waals surface area (Å²) in [6.07, 6.45) is 0.827. The molecule has 0 amide bonds. The number of tetrazole rings is 1. The van der Waals surface area contributed by atoms with E-state index in [1.165, 1.54) is 0 Å². The standard InChI is InChI=1S/C29H37N7O4/c1-7-29(2,3)36-27(31-32-33-36)26(35-14-12-34(13-15-35)20-8-10-21(38-4)11-9-20)22-16-19-17-24(39-5)25(40-6)18-23(19)30-28(22)37/h8-11,16-18,26H,7,12-15H2,1-6H3,(H,30,37). The van der Waals surface area contributed by atoms with Crippen LogP contribution in [-0.4, -0.2) is 77.6 Å². The Morgan fingerprint density at radius 3 is 2.25 bits per heavy atom. The number of nitrogens with one attached hydrogen (secondary N) is 1. The van der Waals surface area contributed by atoms with E-state index in [0.29, 0.717) is 28.4 Å². The molecule has 0 radical (unpaired) electrons. The molecular formula is C29H37N7O4. The average Bonchev–Trinajstić information content (AvgIpc) is 3.48. The van der Waals surface area contributed by atoms with Crippen LogP contribution >= 0.6 is 0 Å². The van der Waals surface area contributed by atoms with E-state index in [2.05, 4.69) is 63.2 Å². The van der Waals surface area contributed by atoms with Crippen LogP contribution in [0.2, 0.25) is 0 Å². The number of piperazine rings is 1. The first-order valence-corrected chi connectivity index (χ1v) is 13.5. The number of rotatable bonds is 9. The summed E-state index contributed by atoms with van der Waals surface area (Å²) in [7, 11) is 4.85. The Balaban J connectivity index is 1.56. The Hall–Kier alpha value is -4.12. The summed E-state index contributed by atoms with van der Waals surface area (Å²) in [6, 6.07) is 13.2. The number of hydrogen-bond acceptors (Lipinski definition) is 9. The molecule has 0 aliphatic carbocycles. The van der Waals surface area contributed by atoms with Crippen molar-refractivity contribution in [2.75, 3.05) is 52.4 Å². The third-order valence-electron chi connectivity index (χ3n) is 7.97. The predicted molar refractivity (Wildman–Crippen MR) is 154 cm³/mol. The van der Waals surface area contributed by atoms with Gasteiger partial charge in [-0.25, -0.2) is 4.68 Å². The van der Waals surface area contributed by atoms with Crippen LogP contribution in [0, 0.1) is 0 Å². The normalized spacial score (nSPS) is 15.3. The number of nitrogens with zero attached hydrogens (tertiary/aromatic N) is 6. The molecule has 0 saturated carbocycles. The number of hydrogen-bond donors (Lipinski definition) is 1. The zero-order chi connectivity index (χ0) is 28.4. The molecule has 1 N–H and O–H groups in total. The van der Waals surface area contributed by atoms with Gasteiger partial charge in [0, 0.05) is 48.9 Å². The van der Waals surface area contributed by atoms with Gasteiger partial charge in [0.15, 0.2) is 17.3 Å². The maximum atomic E-state index is 13.7. The molecular weight excluding hydrogens is 510 g/mol. The van der Waals surface area contributed by atoms with E-state index >= 15 is 0 Å². The zero-order valence-electron chi connectivity index (χ0n) is 24.0. The molecule has 212 valence electrons. The second-order valence-corrected chi connectivity index (χ2v) is 10.6. The van der Waals surface area contributed by atoms with Gasteiger partial charge in [-0.1, -0.05) is 6.92 Å². The zero-order valence-corrected chi connectivity index (χ0v) is 24.0. The molecule has 1 atom stereocenters. The molecule has 1 fully saturated rings. The molecule has 1 saturated heterocycles. The molecule has 2 aromatic heterocycles. The molecule has 0 spiro atoms. The van der Waals surface area contributed by atoms with Gasteiger partial charge in [0.25, 0.3) is 5.56 Å². The Morgan fingerprint density at radius 2 is 1.62 bits per heavy atom. The maximum Gasteiger partial charge on any atom is 0.253 e. The van der Waals surface area contributed by atoms with Crippen LogP contribution in [0.4, 0.5) is 5.69 Å². The topological polar surface area (TPSA) is 111 Å². The van der Waals surface area contributed by atoms with Crippen molar-refractivity contribution in [3.05, 3.63) is 64.2 Å². The van der Waals surface area contributed by atoms with Crippen LogP contribution in [0.5, 0.6) is 17.2 Å². The lowest BCUT2D eigenvalue weighted by Gasteiger charge is -2.40. The summed E-state index contributed by atoms with van der Waals surface area (Å²) < 4.78 is 18.2. The highest BCUT2D eigenvalue weighted by Crippen LogP contribution is 2.35. The van der Waals surface area contributed by atoms with Crippen molar-refractivity contribution >= 4 is 16.6 Å². The molecule has 3 heterocycles. The van der Waals surface area contributed by atoms with Crippen molar-refractivity contribution in [1.29, 1.82) is 0 Å². The quantitative estimate of drug-likeness (QED) is 0.336. The molecule has 1 aliphatic heterocycles. The van der Waals surface area contributed by atoms with Gasteiger partial charge in [-0.15, -0.1) is 5.10 Å². The highest BCUT2D eigenvalue weighted by molar-refractivity contribution is 5.83. The van der Waals surface area contributed by atoms with Crippen LogP contribution in [-0.2, 0) is 5.54 Å². The SMILES string of the molecule is CCC(C)(C)n1nnnc1C(c1cc2cc(OC)c(OC)cc2[nH]c1=O)N1CCN(c2ccc(OC)cc2)CC1. The predicted octanol–water partition coefficient (Wildman–Crippen LogP) is 3.60. The van der Waals surface area contributed by atoms with Crippen molar-refractivity contribution in [1.82, 2.24) is 30.1 Å². The number of anilines is 1. The minimum absolute atomic E-state index is 0.189. The molecule has 1 unspecified atom stereocenters. The number of H-pyrrole nitrogens is 1. The largest absolute Gasteiger partial charge is 0.497 e. The highest BCUT2D eigenvalue weighted by atomic mass is 16.5. The van der Waals surface area contributed by atoms with Crippen LogP contribution in [0.1, 0.15) is 44.6 Å². The maximum absolute atomic E-state index is 13.7. The molecule has 2 aromatic carbocycles. The first kappa shape index (κ1) is 27.4. The minimum Gasteiger partial charge on any atom is -0.497 e. The van der Waals surface area contributed by atoms with Gasteiger partial charge in [0.2, 0.25) is 0 Å². The lowest BCUT2D eigenvalue weighted by atomic mass is 9.98. The van der Waals surface area contributed by atoms with E-state index in [1.807, 2.05) is 28.9 Å². The van der Waals surface area contributed by atoms with Crippen LogP contribution in [0.3, 0.4) is 0 Å². The van der Waals surface area contributed by atoms with E-state index in [9.17, 15) is 4.79 Å². The third-order valence-corrected chi connectivity index (χ3v) is 7.97. The Labute approximate surface area is 233 Å². The fourth-order valence-electron chi connectivity index (χ4n) is 5.23. The van der Waals surface area contributed by atoms with Crippen LogP contribution in [0.25, 0.3) is 10.9 Å². The number of methoxy groups -OCH3 is 3. The van der Waals surface area contributed by atoms with Crippen molar-refractivity contribution in [2.24, 2.45) is 0 Å². The number of benzene rings is 2. The van der Waals surface area contributed by atoms with Gasteiger partial charge in [-0.3, -0.25) is 9.69 Å². The molecule has 4 aromatic rings. The first-order valence-electron chi connectivity index (χ1n) is 13.5. The van der Waals surface area contributed by atoms with Crippen molar-refractivity contribution in [3.63, 3.8) is 0 Å². The first-order chi connectivity index (χ1) is 19.3. The summed E-state index contributed by atoms with van der Waals surface area (Å²) in [6.45, 7) is 9.34. The van der Waals surface area contributed by atoms with Gasteiger partial charge in [0.05, 0.1) is 32.4 Å². The van der Waals surface area contributed by atoms with Crippen LogP contribution in [0.15, 0.2) is 47.3 Å². The lowest BCUT2D eigenvalue weighted by molar-refractivity contribution is 0.186. The van der Waals surface area contributed by atoms with E-state index in [4.69, 9.17) is 14.2 Å². The van der Waals surface area contributed by atoms with Gasteiger partial charge < -0.3 is 24.1 Å². The minimum atomic E-state index is -0.444. The molecule has 40 heavy (non-hydrogen) atoms. The van der Waals surface area contributed by atoms with E-state index in [0.717, 1.165) is 49.4 Å². The average molecular weight is 548 g/mol. The fourth-order valence-corrected chi connectivity index (χ4v) is 5.23. The number of aromatic nitrogens is 5. The second-order valence-electron chi connectivity index (χ2n) is 10.6. The lowest BCUT2D eigenvalue weighted by Crippen LogP contribution is -2.49. The van der Waals surface area contributed by atoms with E-state index < -0.39 is 6.04 Å². The molecule has 5 rings (SSSR count). The number of aromatic amines is 1. The highest BCUT2D eigenvalue weighted by Gasteiger charge is 2.35.